The molecule has 0 saturated carbocycles. The quantitative estimate of drug-likeness (QED) is 0.755. The molecule has 0 amide bonds. The number of Topliss-reactive ketones (excluding diaryl/α,β-unsaturated/α-hetero) is 1. The van der Waals surface area contributed by atoms with Gasteiger partial charge in [-0.25, -0.2) is 0 Å². The van der Waals surface area contributed by atoms with Crippen LogP contribution in [0.4, 0.5) is 0 Å². The first-order valence-corrected chi connectivity index (χ1v) is 8.30. The van der Waals surface area contributed by atoms with E-state index in [0.29, 0.717) is 31.1 Å². The van der Waals surface area contributed by atoms with E-state index >= 15 is 0 Å². The highest BCUT2D eigenvalue weighted by molar-refractivity contribution is 7.86. The molecule has 0 spiro atoms. The van der Waals surface area contributed by atoms with E-state index in [1.54, 1.807) is 18.2 Å². The predicted octanol–water partition coefficient (Wildman–Crippen LogP) is 2.20. The Bertz CT molecular complexity index is 481. The monoisotopic (exact) mass is 296 g/mol. The molecule has 110 valence electrons. The van der Waals surface area contributed by atoms with E-state index in [-0.39, 0.29) is 16.8 Å². The molecule has 1 heterocycles. The smallest absolute Gasteiger partial charge is 0.179 e. The molecule has 1 unspecified atom stereocenters. The first kappa shape index (κ1) is 15.2. The fraction of sp³-hybridized carbons (Fsp3) is 0.533. The summed E-state index contributed by atoms with van der Waals surface area (Å²) in [6, 6.07) is 7.13. The van der Waals surface area contributed by atoms with Gasteiger partial charge in [0.1, 0.15) is 5.75 Å². The molecule has 1 fully saturated rings. The van der Waals surface area contributed by atoms with Crippen LogP contribution in [-0.4, -0.2) is 40.8 Å². The van der Waals surface area contributed by atoms with Gasteiger partial charge >= 0.3 is 0 Å². The molecule has 0 aromatic heterocycles. The standard InChI is InChI=1S/C15H20O4S/c1-2-19-15-6-4-3-5-13(15)14(16)11-20(17)12-7-9-18-10-8-12/h3-6,12H,2,7-11H2,1H3. The molecule has 1 aromatic carbocycles. The first-order chi connectivity index (χ1) is 9.72. The third kappa shape index (κ3) is 3.90. The Kier molecular flexibility index (Phi) is 5.73. The second-order valence-corrected chi connectivity index (χ2v) is 6.41. The van der Waals surface area contributed by atoms with Gasteiger partial charge in [0.15, 0.2) is 5.78 Å². The van der Waals surface area contributed by atoms with Crippen molar-refractivity contribution in [1.29, 1.82) is 0 Å². The molecule has 4 nitrogen and oxygen atoms in total. The Balaban J connectivity index is 2.02. The molecule has 1 aliphatic rings. The average molecular weight is 296 g/mol. The van der Waals surface area contributed by atoms with E-state index in [0.717, 1.165) is 12.8 Å². The van der Waals surface area contributed by atoms with Gasteiger partial charge in [0.2, 0.25) is 0 Å². The summed E-state index contributed by atoms with van der Waals surface area (Å²) in [4.78, 5) is 12.3. The van der Waals surface area contributed by atoms with Crippen LogP contribution < -0.4 is 4.74 Å². The van der Waals surface area contributed by atoms with Crippen LogP contribution in [-0.2, 0) is 15.5 Å². The van der Waals surface area contributed by atoms with Crippen molar-refractivity contribution in [3.63, 3.8) is 0 Å². The maximum absolute atomic E-state index is 12.3. The van der Waals surface area contributed by atoms with Crippen LogP contribution in [0, 0.1) is 0 Å². The lowest BCUT2D eigenvalue weighted by Gasteiger charge is -2.21. The average Bonchev–Trinajstić information content (AvgIpc) is 2.49. The number of carbonyl (C=O) groups excluding carboxylic acids is 1. The Morgan fingerprint density at radius 2 is 2.05 bits per heavy atom. The maximum atomic E-state index is 12.3. The van der Waals surface area contributed by atoms with Crippen molar-refractivity contribution in [3.8, 4) is 5.75 Å². The van der Waals surface area contributed by atoms with Gasteiger partial charge in [0.05, 0.1) is 17.9 Å². The zero-order valence-electron chi connectivity index (χ0n) is 11.7. The van der Waals surface area contributed by atoms with E-state index in [9.17, 15) is 9.00 Å². The summed E-state index contributed by atoms with van der Waals surface area (Å²) in [5.41, 5.74) is 0.523. The molecule has 0 radical (unpaired) electrons. The van der Waals surface area contributed by atoms with Crippen molar-refractivity contribution >= 4 is 16.6 Å². The Hall–Kier alpha value is -1.20. The van der Waals surface area contributed by atoms with Gasteiger partial charge in [-0.05, 0) is 31.9 Å². The van der Waals surface area contributed by atoms with Crippen LogP contribution in [0.1, 0.15) is 30.1 Å². The second kappa shape index (κ2) is 7.55. The van der Waals surface area contributed by atoms with Crippen molar-refractivity contribution in [2.75, 3.05) is 25.6 Å². The third-order valence-corrected chi connectivity index (χ3v) is 5.06. The minimum absolute atomic E-state index is 0.0642. The molecule has 0 bridgehead atoms. The molecule has 1 saturated heterocycles. The highest BCUT2D eigenvalue weighted by Gasteiger charge is 2.23. The SMILES string of the molecule is CCOc1ccccc1C(=O)CS(=O)C1CCOCC1. The molecule has 0 N–H and O–H groups in total. The number of carbonyl (C=O) groups is 1. The van der Waals surface area contributed by atoms with Crippen molar-refractivity contribution in [2.24, 2.45) is 0 Å². The molecule has 2 rings (SSSR count). The van der Waals surface area contributed by atoms with Gasteiger partial charge < -0.3 is 9.47 Å². The predicted molar refractivity (Wildman–Crippen MR) is 78.8 cm³/mol. The number of hydrogen-bond donors (Lipinski definition) is 0. The molecule has 0 aliphatic carbocycles. The van der Waals surface area contributed by atoms with Crippen LogP contribution in [0.15, 0.2) is 24.3 Å². The summed E-state index contributed by atoms with van der Waals surface area (Å²) < 4.78 is 22.9. The molecule has 5 heteroatoms. The van der Waals surface area contributed by atoms with Crippen molar-refractivity contribution in [2.45, 2.75) is 25.0 Å². The molecule has 20 heavy (non-hydrogen) atoms. The summed E-state index contributed by atoms with van der Waals surface area (Å²) >= 11 is 0. The summed E-state index contributed by atoms with van der Waals surface area (Å²) in [5, 5.41) is 0.0759. The Morgan fingerprint density at radius 3 is 2.75 bits per heavy atom. The topological polar surface area (TPSA) is 52.6 Å². The molecule has 1 aromatic rings. The lowest BCUT2D eigenvalue weighted by Crippen LogP contribution is -2.28. The summed E-state index contributed by atoms with van der Waals surface area (Å²) in [6.45, 7) is 3.66. The second-order valence-electron chi connectivity index (χ2n) is 4.69. The lowest BCUT2D eigenvalue weighted by atomic mass is 10.1. The number of ketones is 1. The van der Waals surface area contributed by atoms with Crippen LogP contribution in [0.5, 0.6) is 5.75 Å². The fourth-order valence-corrected chi connectivity index (χ4v) is 3.61. The molecule has 1 atom stereocenters. The molecular formula is C15H20O4S. The van der Waals surface area contributed by atoms with E-state index in [4.69, 9.17) is 9.47 Å². The number of ether oxygens (including phenoxy) is 2. The van der Waals surface area contributed by atoms with Gasteiger partial charge in [0.25, 0.3) is 0 Å². The third-order valence-electron chi connectivity index (χ3n) is 3.30. The van der Waals surface area contributed by atoms with E-state index < -0.39 is 10.8 Å². The lowest BCUT2D eigenvalue weighted by molar-refractivity contribution is 0.0979. The number of benzene rings is 1. The van der Waals surface area contributed by atoms with Crippen LogP contribution in [0.3, 0.4) is 0 Å². The molecular weight excluding hydrogens is 276 g/mol. The van der Waals surface area contributed by atoms with Crippen LogP contribution >= 0.6 is 0 Å². The van der Waals surface area contributed by atoms with E-state index in [1.807, 2.05) is 13.0 Å². The van der Waals surface area contributed by atoms with Gasteiger partial charge in [-0.1, -0.05) is 12.1 Å². The van der Waals surface area contributed by atoms with E-state index in [2.05, 4.69) is 0 Å². The largest absolute Gasteiger partial charge is 0.493 e. The normalized spacial score (nSPS) is 17.6. The highest BCUT2D eigenvalue weighted by atomic mass is 32.2. The van der Waals surface area contributed by atoms with Gasteiger partial charge in [-0.15, -0.1) is 0 Å². The van der Waals surface area contributed by atoms with Gasteiger partial charge in [0, 0.05) is 29.3 Å². The first-order valence-electron chi connectivity index (χ1n) is 6.92. The van der Waals surface area contributed by atoms with Crippen molar-refractivity contribution < 1.29 is 18.5 Å². The van der Waals surface area contributed by atoms with Gasteiger partial charge in [-0.2, -0.15) is 0 Å². The van der Waals surface area contributed by atoms with Crippen LogP contribution in [0.25, 0.3) is 0 Å². The van der Waals surface area contributed by atoms with Gasteiger partial charge in [-0.3, -0.25) is 9.00 Å². The zero-order valence-corrected chi connectivity index (χ0v) is 12.5. The number of para-hydroxylation sites is 1. The number of hydrogen-bond acceptors (Lipinski definition) is 4. The number of rotatable bonds is 6. The minimum atomic E-state index is -1.13. The van der Waals surface area contributed by atoms with Crippen molar-refractivity contribution in [1.82, 2.24) is 0 Å². The van der Waals surface area contributed by atoms with E-state index in [1.165, 1.54) is 0 Å². The summed E-state index contributed by atoms with van der Waals surface area (Å²) in [5.74, 6) is 0.525. The summed E-state index contributed by atoms with van der Waals surface area (Å²) in [6.07, 6.45) is 1.54. The fourth-order valence-electron chi connectivity index (χ4n) is 2.24. The van der Waals surface area contributed by atoms with Crippen molar-refractivity contribution in [3.05, 3.63) is 29.8 Å². The summed E-state index contributed by atoms with van der Waals surface area (Å²) in [7, 11) is -1.13. The maximum Gasteiger partial charge on any atom is 0.179 e. The zero-order chi connectivity index (χ0) is 14.4. The Morgan fingerprint density at radius 1 is 1.35 bits per heavy atom. The minimum Gasteiger partial charge on any atom is -0.493 e. The Labute approximate surface area is 121 Å². The van der Waals surface area contributed by atoms with Crippen LogP contribution in [0.2, 0.25) is 0 Å². The molecule has 1 aliphatic heterocycles. The highest BCUT2D eigenvalue weighted by Crippen LogP contribution is 2.20.